The van der Waals surface area contributed by atoms with E-state index in [2.05, 4.69) is 72.8 Å². The van der Waals surface area contributed by atoms with Crippen LogP contribution in [-0.4, -0.2) is 47.7 Å². The third-order valence-electron chi connectivity index (χ3n) is 8.35. The molecule has 0 heterocycles. The summed E-state index contributed by atoms with van der Waals surface area (Å²) < 4.78 is 21.9. The van der Waals surface area contributed by atoms with Crippen LogP contribution in [0.2, 0.25) is 0 Å². The molecule has 6 aromatic carbocycles. The Morgan fingerprint density at radius 2 is 0.820 bits per heavy atom. The summed E-state index contributed by atoms with van der Waals surface area (Å²) in [6, 6.07) is 51.5. The lowest BCUT2D eigenvalue weighted by Gasteiger charge is -2.34. The zero-order valence-corrected chi connectivity index (χ0v) is 27.8. The monoisotopic (exact) mass is 668 g/mol. The van der Waals surface area contributed by atoms with E-state index in [0.29, 0.717) is 11.5 Å². The van der Waals surface area contributed by atoms with Crippen LogP contribution in [0.15, 0.2) is 158 Å². The zero-order valence-electron chi connectivity index (χ0n) is 27.8. The van der Waals surface area contributed by atoms with Crippen LogP contribution in [0.3, 0.4) is 0 Å². The minimum Gasteiger partial charge on any atom is -0.491 e. The summed E-state index contributed by atoms with van der Waals surface area (Å²) in [5.41, 5.74) is 6.72. The van der Waals surface area contributed by atoms with E-state index in [4.69, 9.17) is 29.2 Å². The van der Waals surface area contributed by atoms with Gasteiger partial charge >= 0.3 is 5.97 Å². The average Bonchev–Trinajstić information content (AvgIpc) is 3.45. The van der Waals surface area contributed by atoms with Crippen molar-refractivity contribution in [2.45, 2.75) is 18.3 Å². The summed E-state index contributed by atoms with van der Waals surface area (Å²) >= 11 is 0. The first-order valence-electron chi connectivity index (χ1n) is 16.5. The summed E-state index contributed by atoms with van der Waals surface area (Å²) in [6.07, 6.45) is 0. The number of para-hydroxylation sites is 2. The minimum absolute atomic E-state index is 0.0167. The van der Waals surface area contributed by atoms with Gasteiger partial charge in [-0.2, -0.15) is 0 Å². The Morgan fingerprint density at radius 3 is 1.20 bits per heavy atom. The summed E-state index contributed by atoms with van der Waals surface area (Å²) in [7, 11) is 0. The van der Waals surface area contributed by atoms with Gasteiger partial charge in [-0.3, -0.25) is 0 Å². The van der Waals surface area contributed by atoms with Crippen molar-refractivity contribution in [1.29, 1.82) is 0 Å². The molecule has 3 N–H and O–H groups in total. The molecule has 0 aromatic heterocycles. The SMILES string of the molecule is CC(O)(Oc1ccccc1)Oc1ccccc1.OCCOc1ccc(C2(c3ccc(OCCO)cc3)c3ccccc3-c3ccccc32)cc1. The van der Waals surface area contributed by atoms with Gasteiger partial charge in [0.1, 0.15) is 36.2 Å². The maximum atomic E-state index is 9.98. The molecule has 0 bridgehead atoms. The van der Waals surface area contributed by atoms with Crippen molar-refractivity contribution in [2.24, 2.45) is 0 Å². The van der Waals surface area contributed by atoms with E-state index >= 15 is 0 Å². The molecule has 0 unspecified atom stereocenters. The molecule has 0 amide bonds. The van der Waals surface area contributed by atoms with Crippen LogP contribution in [0.5, 0.6) is 23.0 Å². The second-order valence-electron chi connectivity index (χ2n) is 11.8. The number of hydrogen-bond acceptors (Lipinski definition) is 7. The van der Waals surface area contributed by atoms with E-state index < -0.39 is 11.4 Å². The Balaban J connectivity index is 0.000000214. The number of aliphatic hydroxyl groups is 3. The Kier molecular flexibility index (Phi) is 10.8. The zero-order chi connectivity index (χ0) is 34.8. The van der Waals surface area contributed by atoms with Crippen molar-refractivity contribution < 1.29 is 34.3 Å². The molecule has 1 aliphatic rings. The lowest BCUT2D eigenvalue weighted by Crippen LogP contribution is -2.38. The van der Waals surface area contributed by atoms with Gasteiger partial charge in [0.05, 0.1) is 18.6 Å². The van der Waals surface area contributed by atoms with Crippen LogP contribution in [0, 0.1) is 0 Å². The van der Waals surface area contributed by atoms with Crippen LogP contribution >= 0.6 is 0 Å². The fourth-order valence-electron chi connectivity index (χ4n) is 6.39. The van der Waals surface area contributed by atoms with Crippen LogP contribution in [0.25, 0.3) is 11.1 Å². The maximum absolute atomic E-state index is 9.98. The van der Waals surface area contributed by atoms with Gasteiger partial charge in [0.15, 0.2) is 0 Å². The Labute approximate surface area is 292 Å². The van der Waals surface area contributed by atoms with Gasteiger partial charge in [0, 0.05) is 6.92 Å². The summed E-state index contributed by atoms with van der Waals surface area (Å²) in [5, 5.41) is 28.2. The molecule has 0 saturated carbocycles. The third kappa shape index (κ3) is 7.51. The van der Waals surface area contributed by atoms with E-state index in [1.54, 1.807) is 24.3 Å². The van der Waals surface area contributed by atoms with Crippen LogP contribution in [-0.2, 0) is 5.41 Å². The smallest absolute Gasteiger partial charge is 0.366 e. The highest BCUT2D eigenvalue weighted by Crippen LogP contribution is 2.56. The molecule has 0 spiro atoms. The molecule has 0 atom stereocenters. The molecule has 0 saturated heterocycles. The normalized spacial score (nSPS) is 12.5. The van der Waals surface area contributed by atoms with Gasteiger partial charge in [-0.25, -0.2) is 0 Å². The molecule has 6 aromatic rings. The molecule has 0 aliphatic heterocycles. The van der Waals surface area contributed by atoms with E-state index in [1.165, 1.54) is 29.2 Å². The van der Waals surface area contributed by atoms with Crippen LogP contribution in [0.1, 0.15) is 29.2 Å². The minimum atomic E-state index is -1.69. The summed E-state index contributed by atoms with van der Waals surface area (Å²) in [5.74, 6) is 0.871. The van der Waals surface area contributed by atoms with Gasteiger partial charge in [-0.05, 0) is 81.9 Å². The summed E-state index contributed by atoms with van der Waals surface area (Å²) in [4.78, 5) is 0. The van der Waals surface area contributed by atoms with E-state index in [9.17, 15) is 5.11 Å². The van der Waals surface area contributed by atoms with Gasteiger partial charge < -0.3 is 34.3 Å². The Hall–Kier alpha value is -5.60. The molecule has 7 heteroatoms. The van der Waals surface area contributed by atoms with Crippen LogP contribution < -0.4 is 18.9 Å². The quantitative estimate of drug-likeness (QED) is 0.115. The highest BCUT2D eigenvalue weighted by atomic mass is 16.8. The first-order chi connectivity index (χ1) is 24.4. The standard InChI is InChI=1S/C29H26O4.C14H14O3/c30-17-19-32-23-13-9-21(10-14-23)29(22-11-15-24(16-12-22)33-20-18-31)27-7-3-1-5-25(27)26-6-2-4-8-28(26)29;1-14(15,16-12-8-4-2-5-9-12)17-13-10-6-3-7-11-13/h1-16,30-31H,17-20H2;2-11,15H,1H3. The highest BCUT2D eigenvalue weighted by molar-refractivity contribution is 5.86. The molecule has 7 nitrogen and oxygen atoms in total. The number of ether oxygens (including phenoxy) is 4. The molecule has 0 fully saturated rings. The molecular formula is C43H40O7. The second-order valence-corrected chi connectivity index (χ2v) is 11.8. The number of fused-ring (bicyclic) bond motifs is 3. The largest absolute Gasteiger partial charge is 0.491 e. The fourth-order valence-corrected chi connectivity index (χ4v) is 6.39. The molecule has 1 aliphatic carbocycles. The van der Waals surface area contributed by atoms with Crippen molar-refractivity contribution in [3.05, 3.63) is 180 Å². The number of aliphatic hydroxyl groups excluding tert-OH is 2. The van der Waals surface area contributed by atoms with E-state index in [-0.39, 0.29) is 26.4 Å². The first-order valence-corrected chi connectivity index (χ1v) is 16.5. The topological polar surface area (TPSA) is 97.6 Å². The molecule has 50 heavy (non-hydrogen) atoms. The van der Waals surface area contributed by atoms with Crippen molar-refractivity contribution in [3.63, 3.8) is 0 Å². The maximum Gasteiger partial charge on any atom is 0.366 e. The average molecular weight is 669 g/mol. The second kappa shape index (κ2) is 15.7. The fraction of sp³-hybridized carbons (Fsp3) is 0.163. The lowest BCUT2D eigenvalue weighted by atomic mass is 9.68. The third-order valence-corrected chi connectivity index (χ3v) is 8.35. The number of rotatable bonds is 12. The van der Waals surface area contributed by atoms with Crippen molar-refractivity contribution in [1.82, 2.24) is 0 Å². The van der Waals surface area contributed by atoms with Crippen molar-refractivity contribution in [2.75, 3.05) is 26.4 Å². The van der Waals surface area contributed by atoms with E-state index in [0.717, 1.165) is 22.6 Å². The Morgan fingerprint density at radius 1 is 0.460 bits per heavy atom. The number of benzene rings is 6. The highest BCUT2D eigenvalue weighted by Gasteiger charge is 2.45. The predicted molar refractivity (Wildman–Crippen MR) is 194 cm³/mol. The van der Waals surface area contributed by atoms with Crippen LogP contribution in [0.4, 0.5) is 0 Å². The predicted octanol–water partition coefficient (Wildman–Crippen LogP) is 7.60. The first kappa shape index (κ1) is 34.3. The summed E-state index contributed by atoms with van der Waals surface area (Å²) in [6.45, 7) is 1.96. The van der Waals surface area contributed by atoms with E-state index in [1.807, 2.05) is 60.7 Å². The lowest BCUT2D eigenvalue weighted by molar-refractivity contribution is -0.258. The van der Waals surface area contributed by atoms with Gasteiger partial charge in [0.2, 0.25) is 0 Å². The van der Waals surface area contributed by atoms with Gasteiger partial charge in [-0.1, -0.05) is 109 Å². The molecular weight excluding hydrogens is 628 g/mol. The van der Waals surface area contributed by atoms with Crippen molar-refractivity contribution >= 4 is 0 Å². The molecule has 0 radical (unpaired) electrons. The number of hydrogen-bond donors (Lipinski definition) is 3. The van der Waals surface area contributed by atoms with Crippen molar-refractivity contribution in [3.8, 4) is 34.1 Å². The van der Waals surface area contributed by atoms with Gasteiger partial charge in [0.25, 0.3) is 0 Å². The molecule has 7 rings (SSSR count). The molecule has 254 valence electrons. The Bertz CT molecular complexity index is 1800. The van der Waals surface area contributed by atoms with Gasteiger partial charge in [-0.15, -0.1) is 0 Å².